The second kappa shape index (κ2) is 6.53. The molecule has 86 valence electrons. The predicted octanol–water partition coefficient (Wildman–Crippen LogP) is 2.71. The van der Waals surface area contributed by atoms with E-state index < -0.39 is 0 Å². The molecule has 1 aromatic carbocycles. The molecule has 0 heterocycles. The molecule has 0 aliphatic carbocycles. The SMILES string of the molecule is CCCC[C@H](N)c1cc(O)cc(O)c1.Cl. The van der Waals surface area contributed by atoms with Crippen LogP contribution >= 0.6 is 12.4 Å². The number of rotatable bonds is 4. The maximum Gasteiger partial charge on any atom is 0.119 e. The van der Waals surface area contributed by atoms with Gasteiger partial charge in [-0.1, -0.05) is 19.8 Å². The average molecular weight is 232 g/mol. The molecule has 0 fully saturated rings. The van der Waals surface area contributed by atoms with E-state index in [1.807, 2.05) is 0 Å². The van der Waals surface area contributed by atoms with Gasteiger partial charge in [0.1, 0.15) is 11.5 Å². The van der Waals surface area contributed by atoms with Crippen LogP contribution < -0.4 is 5.73 Å². The van der Waals surface area contributed by atoms with E-state index in [2.05, 4.69) is 6.92 Å². The number of aromatic hydroxyl groups is 2. The minimum absolute atomic E-state index is 0. The normalized spacial score (nSPS) is 11.9. The van der Waals surface area contributed by atoms with Crippen molar-refractivity contribution in [3.05, 3.63) is 23.8 Å². The van der Waals surface area contributed by atoms with E-state index in [0.717, 1.165) is 24.8 Å². The summed E-state index contributed by atoms with van der Waals surface area (Å²) >= 11 is 0. The van der Waals surface area contributed by atoms with Gasteiger partial charge < -0.3 is 15.9 Å². The summed E-state index contributed by atoms with van der Waals surface area (Å²) in [6.45, 7) is 2.10. The van der Waals surface area contributed by atoms with Gasteiger partial charge in [-0.15, -0.1) is 12.4 Å². The van der Waals surface area contributed by atoms with E-state index in [4.69, 9.17) is 5.73 Å². The lowest BCUT2D eigenvalue weighted by Crippen LogP contribution is -2.09. The van der Waals surface area contributed by atoms with Gasteiger partial charge >= 0.3 is 0 Å². The van der Waals surface area contributed by atoms with Gasteiger partial charge in [-0.25, -0.2) is 0 Å². The number of phenols is 2. The molecule has 0 unspecified atom stereocenters. The molecule has 1 atom stereocenters. The highest BCUT2D eigenvalue weighted by Gasteiger charge is 2.07. The van der Waals surface area contributed by atoms with Crippen LogP contribution in [0.25, 0.3) is 0 Å². The zero-order chi connectivity index (χ0) is 10.6. The summed E-state index contributed by atoms with van der Waals surface area (Å²) in [5.41, 5.74) is 6.68. The van der Waals surface area contributed by atoms with Crippen molar-refractivity contribution >= 4 is 12.4 Å². The summed E-state index contributed by atoms with van der Waals surface area (Å²) < 4.78 is 0. The first-order valence-electron chi connectivity index (χ1n) is 4.92. The fourth-order valence-electron chi connectivity index (χ4n) is 1.42. The zero-order valence-electron chi connectivity index (χ0n) is 8.81. The molecule has 4 heteroatoms. The van der Waals surface area contributed by atoms with E-state index >= 15 is 0 Å². The van der Waals surface area contributed by atoms with E-state index in [1.165, 1.54) is 6.07 Å². The van der Waals surface area contributed by atoms with Crippen LogP contribution in [0.2, 0.25) is 0 Å². The third kappa shape index (κ3) is 4.40. The van der Waals surface area contributed by atoms with E-state index in [-0.39, 0.29) is 29.9 Å². The molecule has 4 N–H and O–H groups in total. The fourth-order valence-corrected chi connectivity index (χ4v) is 1.42. The Balaban J connectivity index is 0.00000196. The monoisotopic (exact) mass is 231 g/mol. The molecule has 1 aromatic rings. The standard InChI is InChI=1S/C11H17NO2.ClH/c1-2-3-4-11(12)8-5-9(13)7-10(14)6-8;/h5-7,11,13-14H,2-4,12H2,1H3;1H/t11-;/m0./s1. The summed E-state index contributed by atoms with van der Waals surface area (Å²) in [7, 11) is 0. The molecule has 0 radical (unpaired) electrons. The Bertz CT molecular complexity index is 284. The number of hydrogen-bond acceptors (Lipinski definition) is 3. The van der Waals surface area contributed by atoms with Crippen molar-refractivity contribution < 1.29 is 10.2 Å². The zero-order valence-corrected chi connectivity index (χ0v) is 9.63. The number of hydrogen-bond donors (Lipinski definition) is 3. The number of unbranched alkanes of at least 4 members (excludes halogenated alkanes) is 1. The Morgan fingerprint density at radius 2 is 1.73 bits per heavy atom. The van der Waals surface area contributed by atoms with Gasteiger partial charge in [0.15, 0.2) is 0 Å². The Kier molecular flexibility index (Phi) is 6.13. The van der Waals surface area contributed by atoms with Crippen molar-refractivity contribution in [2.24, 2.45) is 5.73 Å². The molecule has 3 nitrogen and oxygen atoms in total. The lowest BCUT2D eigenvalue weighted by atomic mass is 10.0. The van der Waals surface area contributed by atoms with Crippen molar-refractivity contribution in [2.45, 2.75) is 32.2 Å². The third-order valence-electron chi connectivity index (χ3n) is 2.22. The van der Waals surface area contributed by atoms with E-state index in [9.17, 15) is 10.2 Å². The van der Waals surface area contributed by atoms with Crippen LogP contribution in [0.5, 0.6) is 11.5 Å². The molecule has 0 aliphatic heterocycles. The highest BCUT2D eigenvalue weighted by atomic mass is 35.5. The van der Waals surface area contributed by atoms with Gasteiger partial charge in [0.2, 0.25) is 0 Å². The van der Waals surface area contributed by atoms with Crippen LogP contribution in [0.3, 0.4) is 0 Å². The lowest BCUT2D eigenvalue weighted by Gasteiger charge is -2.11. The summed E-state index contributed by atoms with van der Waals surface area (Å²) in [6, 6.07) is 4.39. The number of halogens is 1. The Morgan fingerprint density at radius 3 is 2.20 bits per heavy atom. The van der Waals surface area contributed by atoms with Gasteiger partial charge in [0.05, 0.1) is 0 Å². The molecule has 1 rings (SSSR count). The molecular formula is C11H18ClNO2. The molecule has 0 spiro atoms. The van der Waals surface area contributed by atoms with Crippen LogP contribution in [0.1, 0.15) is 37.8 Å². The highest BCUT2D eigenvalue weighted by molar-refractivity contribution is 5.85. The minimum Gasteiger partial charge on any atom is -0.508 e. The maximum atomic E-state index is 9.25. The topological polar surface area (TPSA) is 66.5 Å². The first-order chi connectivity index (χ1) is 6.63. The van der Waals surface area contributed by atoms with Gasteiger partial charge in [-0.3, -0.25) is 0 Å². The van der Waals surface area contributed by atoms with E-state index in [0.29, 0.717) is 0 Å². The average Bonchev–Trinajstić information content (AvgIpc) is 2.12. The second-order valence-electron chi connectivity index (χ2n) is 3.53. The summed E-state index contributed by atoms with van der Waals surface area (Å²) in [4.78, 5) is 0. The molecule has 0 aliphatic rings. The molecule has 0 amide bonds. The van der Waals surface area contributed by atoms with Crippen LogP contribution in [0, 0.1) is 0 Å². The minimum atomic E-state index is -0.104. The van der Waals surface area contributed by atoms with Crippen molar-refractivity contribution in [2.75, 3.05) is 0 Å². The van der Waals surface area contributed by atoms with Gasteiger partial charge in [0.25, 0.3) is 0 Å². The summed E-state index contributed by atoms with van der Waals surface area (Å²) in [5.74, 6) is 0.124. The van der Waals surface area contributed by atoms with Crippen LogP contribution in [0.15, 0.2) is 18.2 Å². The third-order valence-corrected chi connectivity index (χ3v) is 2.22. The Hall–Kier alpha value is -0.930. The molecule has 15 heavy (non-hydrogen) atoms. The quantitative estimate of drug-likeness (QED) is 0.747. The second-order valence-corrected chi connectivity index (χ2v) is 3.53. The molecular weight excluding hydrogens is 214 g/mol. The first-order valence-corrected chi connectivity index (χ1v) is 4.92. The number of benzene rings is 1. The van der Waals surface area contributed by atoms with Crippen molar-refractivity contribution in [1.29, 1.82) is 0 Å². The molecule has 0 bridgehead atoms. The summed E-state index contributed by atoms with van der Waals surface area (Å²) in [6.07, 6.45) is 3.02. The molecule has 0 saturated heterocycles. The predicted molar refractivity (Wildman–Crippen MR) is 63.5 cm³/mol. The smallest absolute Gasteiger partial charge is 0.119 e. The van der Waals surface area contributed by atoms with Crippen LogP contribution in [0.4, 0.5) is 0 Å². The van der Waals surface area contributed by atoms with Crippen LogP contribution in [-0.4, -0.2) is 10.2 Å². The van der Waals surface area contributed by atoms with Crippen LogP contribution in [-0.2, 0) is 0 Å². The highest BCUT2D eigenvalue weighted by Crippen LogP contribution is 2.25. The lowest BCUT2D eigenvalue weighted by molar-refractivity contribution is 0.447. The molecule has 0 aromatic heterocycles. The van der Waals surface area contributed by atoms with Crippen molar-refractivity contribution in [3.63, 3.8) is 0 Å². The van der Waals surface area contributed by atoms with Crippen molar-refractivity contribution in [1.82, 2.24) is 0 Å². The largest absolute Gasteiger partial charge is 0.508 e. The van der Waals surface area contributed by atoms with Gasteiger partial charge in [-0.2, -0.15) is 0 Å². The van der Waals surface area contributed by atoms with Gasteiger partial charge in [0, 0.05) is 12.1 Å². The summed E-state index contributed by atoms with van der Waals surface area (Å²) in [5, 5.41) is 18.5. The Morgan fingerprint density at radius 1 is 1.20 bits per heavy atom. The van der Waals surface area contributed by atoms with E-state index in [1.54, 1.807) is 12.1 Å². The number of phenolic OH excluding ortho intramolecular Hbond substituents is 2. The first kappa shape index (κ1) is 14.1. The van der Waals surface area contributed by atoms with Crippen molar-refractivity contribution in [3.8, 4) is 11.5 Å². The maximum absolute atomic E-state index is 9.25. The Labute approximate surface area is 96.3 Å². The van der Waals surface area contributed by atoms with Gasteiger partial charge in [-0.05, 0) is 24.1 Å². The molecule has 0 saturated carbocycles. The fraction of sp³-hybridized carbons (Fsp3) is 0.455. The number of nitrogens with two attached hydrogens (primary N) is 1.